The van der Waals surface area contributed by atoms with Crippen LogP contribution < -0.4 is 10.6 Å². The van der Waals surface area contributed by atoms with Crippen LogP contribution in [0.15, 0.2) is 60.9 Å². The molecule has 1 amide bonds. The summed E-state index contributed by atoms with van der Waals surface area (Å²) >= 11 is 5.86. The van der Waals surface area contributed by atoms with Gasteiger partial charge in [-0.05, 0) is 40.8 Å². The van der Waals surface area contributed by atoms with Crippen LogP contribution in [0.4, 0.5) is 11.6 Å². The lowest BCUT2D eigenvalue weighted by molar-refractivity contribution is 0.0950. The molecule has 0 spiro atoms. The molecule has 1 heterocycles. The Morgan fingerprint density at radius 1 is 0.964 bits per heavy atom. The predicted molar refractivity (Wildman–Crippen MR) is 113 cm³/mol. The van der Waals surface area contributed by atoms with E-state index >= 15 is 0 Å². The summed E-state index contributed by atoms with van der Waals surface area (Å²) in [7, 11) is 0. The van der Waals surface area contributed by atoms with Crippen molar-refractivity contribution < 1.29 is 4.79 Å². The third kappa shape index (κ3) is 5.30. The summed E-state index contributed by atoms with van der Waals surface area (Å²) in [6.07, 6.45) is 3.02. The Morgan fingerprint density at radius 2 is 1.57 bits per heavy atom. The molecule has 0 unspecified atom stereocenters. The number of aromatic nitrogens is 2. The second-order valence-electron chi connectivity index (χ2n) is 7.56. The number of carbonyl (C=O) groups excluding carboxylic acids is 1. The van der Waals surface area contributed by atoms with Gasteiger partial charge < -0.3 is 10.6 Å². The molecule has 0 atom stereocenters. The molecule has 0 bridgehead atoms. The van der Waals surface area contributed by atoms with Crippen molar-refractivity contribution in [1.29, 1.82) is 0 Å². The molecule has 5 nitrogen and oxygen atoms in total. The number of carbonyl (C=O) groups is 1. The zero-order chi connectivity index (χ0) is 20.1. The lowest BCUT2D eigenvalue weighted by atomic mass is 9.87. The van der Waals surface area contributed by atoms with E-state index in [-0.39, 0.29) is 11.3 Å². The molecule has 0 aliphatic heterocycles. The highest BCUT2D eigenvalue weighted by atomic mass is 35.5. The highest BCUT2D eigenvalue weighted by molar-refractivity contribution is 6.30. The van der Waals surface area contributed by atoms with Gasteiger partial charge in [0.2, 0.25) is 5.95 Å². The van der Waals surface area contributed by atoms with E-state index in [1.54, 1.807) is 12.1 Å². The largest absolute Gasteiger partial charge is 0.348 e. The topological polar surface area (TPSA) is 66.9 Å². The van der Waals surface area contributed by atoms with Gasteiger partial charge in [0.15, 0.2) is 0 Å². The van der Waals surface area contributed by atoms with Crippen LogP contribution in [0.2, 0.25) is 5.02 Å². The fourth-order valence-electron chi connectivity index (χ4n) is 2.58. The summed E-state index contributed by atoms with van der Waals surface area (Å²) < 4.78 is 0. The van der Waals surface area contributed by atoms with Gasteiger partial charge in [0.1, 0.15) is 0 Å². The average molecular weight is 395 g/mol. The van der Waals surface area contributed by atoms with Gasteiger partial charge in [-0.15, -0.1) is 0 Å². The third-order valence-electron chi connectivity index (χ3n) is 4.29. The van der Waals surface area contributed by atoms with E-state index in [2.05, 4.69) is 53.5 Å². The van der Waals surface area contributed by atoms with Crippen molar-refractivity contribution in [2.24, 2.45) is 0 Å². The molecule has 0 aliphatic rings. The second-order valence-corrected chi connectivity index (χ2v) is 7.99. The molecule has 0 saturated heterocycles. The summed E-state index contributed by atoms with van der Waals surface area (Å²) in [6.45, 7) is 6.94. The number of rotatable bonds is 5. The number of nitrogens with one attached hydrogen (secondary N) is 2. The minimum atomic E-state index is -0.226. The van der Waals surface area contributed by atoms with E-state index < -0.39 is 0 Å². The van der Waals surface area contributed by atoms with Crippen molar-refractivity contribution in [3.05, 3.63) is 82.6 Å². The van der Waals surface area contributed by atoms with Crippen LogP contribution in [0.5, 0.6) is 0 Å². The quantitative estimate of drug-likeness (QED) is 0.631. The fourth-order valence-corrected chi connectivity index (χ4v) is 2.71. The van der Waals surface area contributed by atoms with Crippen LogP contribution in [0.3, 0.4) is 0 Å². The highest BCUT2D eigenvalue weighted by Gasteiger charge is 2.13. The summed E-state index contributed by atoms with van der Waals surface area (Å²) in [5.74, 6) is 0.216. The maximum Gasteiger partial charge on any atom is 0.254 e. The van der Waals surface area contributed by atoms with Gasteiger partial charge in [-0.2, -0.15) is 0 Å². The van der Waals surface area contributed by atoms with E-state index in [9.17, 15) is 4.79 Å². The first kappa shape index (κ1) is 19.8. The van der Waals surface area contributed by atoms with E-state index in [0.29, 0.717) is 23.1 Å². The third-order valence-corrected chi connectivity index (χ3v) is 4.54. The first-order valence-corrected chi connectivity index (χ1v) is 9.41. The minimum Gasteiger partial charge on any atom is -0.348 e. The van der Waals surface area contributed by atoms with Crippen LogP contribution >= 0.6 is 11.6 Å². The van der Waals surface area contributed by atoms with E-state index in [1.165, 1.54) is 18.0 Å². The Labute approximate surface area is 170 Å². The highest BCUT2D eigenvalue weighted by Crippen LogP contribution is 2.24. The molecule has 0 radical (unpaired) electrons. The van der Waals surface area contributed by atoms with Crippen LogP contribution in [0, 0.1) is 0 Å². The summed E-state index contributed by atoms with van der Waals surface area (Å²) in [4.78, 5) is 20.7. The normalized spacial score (nSPS) is 11.1. The number of hydrogen-bond acceptors (Lipinski definition) is 4. The monoisotopic (exact) mass is 394 g/mol. The number of amides is 1. The maximum atomic E-state index is 12.2. The van der Waals surface area contributed by atoms with Crippen molar-refractivity contribution >= 4 is 29.1 Å². The average Bonchev–Trinajstić information content (AvgIpc) is 2.67. The van der Waals surface area contributed by atoms with Gasteiger partial charge in [0.05, 0.1) is 5.56 Å². The van der Waals surface area contributed by atoms with E-state index in [0.717, 1.165) is 11.3 Å². The predicted octanol–water partition coefficient (Wildman–Crippen LogP) is 5.10. The van der Waals surface area contributed by atoms with Crippen molar-refractivity contribution in [3.63, 3.8) is 0 Å². The molecule has 0 saturated carbocycles. The number of halogens is 1. The minimum absolute atomic E-state index is 0.107. The molecule has 0 aliphatic carbocycles. The van der Waals surface area contributed by atoms with Crippen molar-refractivity contribution in [2.75, 3.05) is 5.32 Å². The summed E-state index contributed by atoms with van der Waals surface area (Å²) in [5.41, 5.74) is 3.63. The van der Waals surface area contributed by atoms with Crippen LogP contribution in [0.1, 0.15) is 42.3 Å². The molecule has 2 aromatic carbocycles. The van der Waals surface area contributed by atoms with Crippen LogP contribution in [0.25, 0.3) is 0 Å². The summed E-state index contributed by atoms with van der Waals surface area (Å²) in [6, 6.07) is 15.5. The zero-order valence-corrected chi connectivity index (χ0v) is 16.9. The molecule has 3 aromatic rings. The smallest absolute Gasteiger partial charge is 0.254 e. The molecule has 2 N–H and O–H groups in total. The molecule has 144 valence electrons. The number of benzene rings is 2. The first-order chi connectivity index (χ1) is 13.3. The fraction of sp³-hybridized carbons (Fsp3) is 0.227. The second kappa shape index (κ2) is 8.40. The van der Waals surface area contributed by atoms with Gasteiger partial charge in [-0.25, -0.2) is 9.97 Å². The van der Waals surface area contributed by atoms with E-state index in [4.69, 9.17) is 11.6 Å². The lowest BCUT2D eigenvalue weighted by Crippen LogP contribution is -2.23. The Kier molecular flexibility index (Phi) is 5.95. The Hall–Kier alpha value is -2.92. The molecular formula is C22H23ClN4O. The van der Waals surface area contributed by atoms with Crippen LogP contribution in [-0.2, 0) is 12.0 Å². The molecule has 1 aromatic heterocycles. The van der Waals surface area contributed by atoms with Crippen molar-refractivity contribution in [2.45, 2.75) is 32.7 Å². The number of nitrogens with zero attached hydrogens (tertiary/aromatic N) is 2. The zero-order valence-electron chi connectivity index (χ0n) is 16.2. The van der Waals surface area contributed by atoms with Gasteiger partial charge in [-0.1, -0.05) is 56.6 Å². The van der Waals surface area contributed by atoms with Gasteiger partial charge in [0, 0.05) is 29.6 Å². The first-order valence-electron chi connectivity index (χ1n) is 9.03. The SMILES string of the molecule is CC(C)(C)c1ccc(Nc2ncc(C(=O)NCc3ccc(Cl)cc3)cn2)cc1. The maximum absolute atomic E-state index is 12.2. The molecule has 28 heavy (non-hydrogen) atoms. The Balaban J connectivity index is 1.58. The number of anilines is 2. The molecule has 0 fully saturated rings. The van der Waals surface area contributed by atoms with Gasteiger partial charge >= 0.3 is 0 Å². The van der Waals surface area contributed by atoms with E-state index in [1.807, 2.05) is 24.3 Å². The Morgan fingerprint density at radius 3 is 2.14 bits per heavy atom. The van der Waals surface area contributed by atoms with Crippen molar-refractivity contribution in [1.82, 2.24) is 15.3 Å². The Bertz CT molecular complexity index is 930. The standard InChI is InChI=1S/C22H23ClN4O/c1-22(2,3)17-6-10-19(11-7-17)27-21-25-13-16(14-26-21)20(28)24-12-15-4-8-18(23)9-5-15/h4-11,13-14H,12H2,1-3H3,(H,24,28)(H,25,26,27). The van der Waals surface area contributed by atoms with Crippen LogP contribution in [-0.4, -0.2) is 15.9 Å². The molecule has 3 rings (SSSR count). The molecular weight excluding hydrogens is 372 g/mol. The number of hydrogen-bond donors (Lipinski definition) is 2. The van der Waals surface area contributed by atoms with Gasteiger partial charge in [-0.3, -0.25) is 4.79 Å². The van der Waals surface area contributed by atoms with Crippen molar-refractivity contribution in [3.8, 4) is 0 Å². The summed E-state index contributed by atoms with van der Waals surface area (Å²) in [5, 5.41) is 6.65. The van der Waals surface area contributed by atoms with Gasteiger partial charge in [0.25, 0.3) is 5.91 Å². The molecule has 6 heteroatoms. The lowest BCUT2D eigenvalue weighted by Gasteiger charge is -2.19.